The van der Waals surface area contributed by atoms with Gasteiger partial charge in [-0.05, 0) is 31.0 Å². The maximum absolute atomic E-state index is 12.0. The standard InChI is InChI=1S/C13H14Cl2N2O3/c14-8-1-2-10(15)11(7-8)16-12(19)13(20)17-5-3-9(18)4-6-17/h1-2,7,9,18H,3-6H2,(H,16,19). The first kappa shape index (κ1) is 15.1. The Balaban J connectivity index is 2.01. The Morgan fingerprint density at radius 1 is 1.25 bits per heavy atom. The van der Waals surface area contributed by atoms with E-state index in [1.807, 2.05) is 0 Å². The molecule has 7 heteroatoms. The van der Waals surface area contributed by atoms with Crippen molar-refractivity contribution in [1.29, 1.82) is 0 Å². The maximum Gasteiger partial charge on any atom is 0.313 e. The van der Waals surface area contributed by atoms with Gasteiger partial charge in [0.25, 0.3) is 0 Å². The Hall–Kier alpha value is -1.30. The minimum atomic E-state index is -0.759. The predicted molar refractivity (Wildman–Crippen MR) is 76.9 cm³/mol. The molecule has 2 rings (SSSR count). The van der Waals surface area contributed by atoms with Gasteiger partial charge in [-0.1, -0.05) is 23.2 Å². The SMILES string of the molecule is O=C(Nc1cc(Cl)ccc1Cl)C(=O)N1CCC(O)CC1. The minimum Gasteiger partial charge on any atom is -0.393 e. The molecule has 108 valence electrons. The summed E-state index contributed by atoms with van der Waals surface area (Å²) in [5, 5.41) is 12.6. The molecule has 5 nitrogen and oxygen atoms in total. The van der Waals surface area contributed by atoms with Crippen LogP contribution in [0.25, 0.3) is 0 Å². The summed E-state index contributed by atoms with van der Waals surface area (Å²) in [6, 6.07) is 4.61. The van der Waals surface area contributed by atoms with E-state index in [2.05, 4.69) is 5.32 Å². The normalized spacial score (nSPS) is 16.1. The topological polar surface area (TPSA) is 69.6 Å². The highest BCUT2D eigenvalue weighted by Gasteiger charge is 2.26. The zero-order valence-electron chi connectivity index (χ0n) is 10.6. The van der Waals surface area contributed by atoms with Crippen molar-refractivity contribution in [2.45, 2.75) is 18.9 Å². The van der Waals surface area contributed by atoms with Crippen LogP contribution < -0.4 is 5.32 Å². The van der Waals surface area contributed by atoms with E-state index in [1.54, 1.807) is 12.1 Å². The van der Waals surface area contributed by atoms with Gasteiger partial charge in [0, 0.05) is 18.1 Å². The maximum atomic E-state index is 12.0. The van der Waals surface area contributed by atoms with E-state index >= 15 is 0 Å². The lowest BCUT2D eigenvalue weighted by atomic mass is 10.1. The lowest BCUT2D eigenvalue weighted by Crippen LogP contribution is -2.45. The summed E-state index contributed by atoms with van der Waals surface area (Å²) in [6.07, 6.45) is 0.568. The lowest BCUT2D eigenvalue weighted by Gasteiger charge is -2.28. The summed E-state index contributed by atoms with van der Waals surface area (Å²) in [7, 11) is 0. The molecule has 1 aromatic rings. The molecule has 1 saturated heterocycles. The number of benzene rings is 1. The van der Waals surface area contributed by atoms with E-state index < -0.39 is 17.9 Å². The molecular weight excluding hydrogens is 303 g/mol. The van der Waals surface area contributed by atoms with E-state index in [0.29, 0.717) is 41.7 Å². The number of aliphatic hydroxyl groups excluding tert-OH is 1. The Labute approximate surface area is 126 Å². The summed E-state index contributed by atoms with van der Waals surface area (Å²) < 4.78 is 0. The largest absolute Gasteiger partial charge is 0.393 e. The fourth-order valence-corrected chi connectivity index (χ4v) is 2.32. The van der Waals surface area contributed by atoms with Gasteiger partial charge in [0.05, 0.1) is 16.8 Å². The third-order valence-electron chi connectivity index (χ3n) is 3.12. The molecule has 0 aliphatic carbocycles. The van der Waals surface area contributed by atoms with E-state index in [1.165, 1.54) is 11.0 Å². The second kappa shape index (κ2) is 6.43. The first-order valence-corrected chi connectivity index (χ1v) is 6.96. The molecule has 0 aromatic heterocycles. The summed E-state index contributed by atoms with van der Waals surface area (Å²) in [5.74, 6) is -1.39. The molecule has 0 spiro atoms. The van der Waals surface area contributed by atoms with Crippen molar-refractivity contribution < 1.29 is 14.7 Å². The molecule has 1 aromatic carbocycles. The first-order chi connectivity index (χ1) is 9.47. The molecule has 1 aliphatic rings. The Morgan fingerprint density at radius 2 is 1.90 bits per heavy atom. The molecule has 1 heterocycles. The van der Waals surface area contributed by atoms with Gasteiger partial charge in [0.1, 0.15) is 0 Å². The predicted octanol–water partition coefficient (Wildman–Crippen LogP) is 1.92. The number of nitrogens with zero attached hydrogens (tertiary/aromatic N) is 1. The van der Waals surface area contributed by atoms with Crippen molar-refractivity contribution in [3.8, 4) is 0 Å². The molecule has 2 N–H and O–H groups in total. The van der Waals surface area contributed by atoms with Gasteiger partial charge in [-0.25, -0.2) is 0 Å². The van der Waals surface area contributed by atoms with E-state index in [-0.39, 0.29) is 0 Å². The number of nitrogens with one attached hydrogen (secondary N) is 1. The second-order valence-electron chi connectivity index (χ2n) is 4.60. The van der Waals surface area contributed by atoms with E-state index in [9.17, 15) is 14.7 Å². The molecule has 1 fully saturated rings. The van der Waals surface area contributed by atoms with Crippen LogP contribution in [0.5, 0.6) is 0 Å². The van der Waals surface area contributed by atoms with Gasteiger partial charge in [-0.15, -0.1) is 0 Å². The number of carbonyl (C=O) groups is 2. The second-order valence-corrected chi connectivity index (χ2v) is 5.45. The summed E-state index contributed by atoms with van der Waals surface area (Å²) in [6.45, 7) is 0.743. The van der Waals surface area contributed by atoms with Crippen molar-refractivity contribution in [2.75, 3.05) is 18.4 Å². The molecule has 0 saturated carbocycles. The zero-order chi connectivity index (χ0) is 14.7. The molecule has 1 aliphatic heterocycles. The number of piperidine rings is 1. The van der Waals surface area contributed by atoms with Gasteiger partial charge in [-0.2, -0.15) is 0 Å². The number of likely N-dealkylation sites (tertiary alicyclic amines) is 1. The van der Waals surface area contributed by atoms with Gasteiger partial charge in [0.15, 0.2) is 0 Å². The number of amides is 2. The third kappa shape index (κ3) is 3.62. The van der Waals surface area contributed by atoms with Crippen LogP contribution in [0.4, 0.5) is 5.69 Å². The van der Waals surface area contributed by atoms with E-state index in [4.69, 9.17) is 23.2 Å². The summed E-state index contributed by atoms with van der Waals surface area (Å²) >= 11 is 11.7. The van der Waals surface area contributed by atoms with Crippen LogP contribution in [0.1, 0.15) is 12.8 Å². The number of aliphatic hydroxyl groups is 1. The lowest BCUT2D eigenvalue weighted by molar-refractivity contribution is -0.144. The Morgan fingerprint density at radius 3 is 2.55 bits per heavy atom. The number of halogens is 2. The smallest absolute Gasteiger partial charge is 0.313 e. The van der Waals surface area contributed by atoms with Crippen molar-refractivity contribution in [1.82, 2.24) is 4.90 Å². The highest BCUT2D eigenvalue weighted by atomic mass is 35.5. The van der Waals surface area contributed by atoms with Gasteiger partial charge >= 0.3 is 11.8 Å². The van der Waals surface area contributed by atoms with Crippen LogP contribution in [0.3, 0.4) is 0 Å². The quantitative estimate of drug-likeness (QED) is 0.778. The number of carbonyl (C=O) groups excluding carboxylic acids is 2. The highest BCUT2D eigenvalue weighted by molar-refractivity contribution is 6.42. The molecule has 0 unspecified atom stereocenters. The van der Waals surface area contributed by atoms with Gasteiger partial charge in [-0.3, -0.25) is 9.59 Å². The molecule has 20 heavy (non-hydrogen) atoms. The van der Waals surface area contributed by atoms with Crippen LogP contribution in [0.15, 0.2) is 18.2 Å². The Kier molecular flexibility index (Phi) is 4.86. The highest BCUT2D eigenvalue weighted by Crippen LogP contribution is 2.25. The molecule has 2 amide bonds. The van der Waals surface area contributed by atoms with Crippen molar-refractivity contribution >= 4 is 40.7 Å². The minimum absolute atomic E-state index is 0.301. The van der Waals surface area contributed by atoms with Crippen LogP contribution in [-0.2, 0) is 9.59 Å². The molecular formula is C13H14Cl2N2O3. The summed E-state index contributed by atoms with van der Waals surface area (Å²) in [4.78, 5) is 25.3. The molecule has 0 radical (unpaired) electrons. The van der Waals surface area contributed by atoms with Gasteiger partial charge < -0.3 is 15.3 Å². The fraction of sp³-hybridized carbons (Fsp3) is 0.385. The number of rotatable bonds is 1. The third-order valence-corrected chi connectivity index (χ3v) is 3.69. The van der Waals surface area contributed by atoms with Crippen molar-refractivity contribution in [2.24, 2.45) is 0 Å². The number of hydrogen-bond acceptors (Lipinski definition) is 3. The summed E-state index contributed by atoms with van der Waals surface area (Å²) in [5.41, 5.74) is 0.301. The fourth-order valence-electron chi connectivity index (χ4n) is 1.98. The Bertz CT molecular complexity index is 528. The van der Waals surface area contributed by atoms with Gasteiger partial charge in [0.2, 0.25) is 0 Å². The van der Waals surface area contributed by atoms with Crippen LogP contribution in [0.2, 0.25) is 10.0 Å². The van der Waals surface area contributed by atoms with E-state index in [0.717, 1.165) is 0 Å². The number of anilines is 1. The molecule has 0 atom stereocenters. The average molecular weight is 317 g/mol. The van der Waals surface area contributed by atoms with Crippen molar-refractivity contribution in [3.05, 3.63) is 28.2 Å². The molecule has 0 bridgehead atoms. The number of hydrogen-bond donors (Lipinski definition) is 2. The van der Waals surface area contributed by atoms with Crippen LogP contribution in [-0.4, -0.2) is 41.0 Å². The first-order valence-electron chi connectivity index (χ1n) is 6.21. The van der Waals surface area contributed by atoms with Crippen LogP contribution >= 0.6 is 23.2 Å². The average Bonchev–Trinajstić information content (AvgIpc) is 2.43. The monoisotopic (exact) mass is 316 g/mol. The van der Waals surface area contributed by atoms with Crippen molar-refractivity contribution in [3.63, 3.8) is 0 Å². The zero-order valence-corrected chi connectivity index (χ0v) is 12.1. The van der Waals surface area contributed by atoms with Crippen LogP contribution in [0, 0.1) is 0 Å².